The van der Waals surface area contributed by atoms with Gasteiger partial charge >= 0.3 is 0 Å². The quantitative estimate of drug-likeness (QED) is 0.829. The second-order valence-corrected chi connectivity index (χ2v) is 5.35. The number of hydrogen-bond donors (Lipinski definition) is 2. The van der Waals surface area contributed by atoms with Crippen molar-refractivity contribution in [2.24, 2.45) is 0 Å². The molecular weight excluding hydrogens is 236 g/mol. The Kier molecular flexibility index (Phi) is 3.49. The zero-order chi connectivity index (χ0) is 13.1. The Hall–Kier alpha value is -1.84. The minimum atomic E-state index is 0.548. The van der Waals surface area contributed by atoms with Crippen LogP contribution in [0.5, 0.6) is 0 Å². The number of para-hydroxylation sites is 1. The molecule has 1 aromatic carbocycles. The predicted octanol–water partition coefficient (Wildman–Crippen LogP) is 3.03. The van der Waals surface area contributed by atoms with Gasteiger partial charge < -0.3 is 5.73 Å². The third kappa shape index (κ3) is 2.78. The summed E-state index contributed by atoms with van der Waals surface area (Å²) in [5.74, 6) is 2.45. The fourth-order valence-corrected chi connectivity index (χ4v) is 2.81. The van der Waals surface area contributed by atoms with Crippen molar-refractivity contribution in [1.29, 1.82) is 0 Å². The van der Waals surface area contributed by atoms with Gasteiger partial charge in [-0.2, -0.15) is 5.10 Å². The van der Waals surface area contributed by atoms with E-state index < -0.39 is 0 Å². The van der Waals surface area contributed by atoms with E-state index in [1.807, 2.05) is 24.3 Å². The number of nitrogen functional groups attached to an aromatic ring is 1. The van der Waals surface area contributed by atoms with Crippen molar-refractivity contribution in [2.75, 3.05) is 5.73 Å². The van der Waals surface area contributed by atoms with E-state index in [0.29, 0.717) is 5.92 Å². The number of anilines is 1. The van der Waals surface area contributed by atoms with E-state index >= 15 is 0 Å². The molecule has 4 heteroatoms. The molecule has 1 aliphatic carbocycles. The molecule has 4 nitrogen and oxygen atoms in total. The SMILES string of the molecule is Nc1ccccc1Cc1nc(C2CCCCC2)n[nH]1. The number of rotatable bonds is 3. The molecular formula is C15H20N4. The zero-order valence-electron chi connectivity index (χ0n) is 11.1. The molecule has 0 spiro atoms. The summed E-state index contributed by atoms with van der Waals surface area (Å²) < 4.78 is 0. The molecule has 100 valence electrons. The van der Waals surface area contributed by atoms with E-state index in [1.54, 1.807) is 0 Å². The van der Waals surface area contributed by atoms with Crippen LogP contribution in [0, 0.1) is 0 Å². The summed E-state index contributed by atoms with van der Waals surface area (Å²) in [6, 6.07) is 7.92. The van der Waals surface area contributed by atoms with E-state index in [4.69, 9.17) is 5.73 Å². The topological polar surface area (TPSA) is 67.6 Å². The Morgan fingerprint density at radius 2 is 1.95 bits per heavy atom. The van der Waals surface area contributed by atoms with Crippen LogP contribution < -0.4 is 5.73 Å². The second-order valence-electron chi connectivity index (χ2n) is 5.35. The van der Waals surface area contributed by atoms with Crippen molar-refractivity contribution in [3.8, 4) is 0 Å². The summed E-state index contributed by atoms with van der Waals surface area (Å²) in [5.41, 5.74) is 7.88. The zero-order valence-corrected chi connectivity index (χ0v) is 11.1. The molecule has 3 N–H and O–H groups in total. The molecule has 1 aromatic heterocycles. The summed E-state index contributed by atoms with van der Waals surface area (Å²) in [6.07, 6.45) is 7.15. The summed E-state index contributed by atoms with van der Waals surface area (Å²) in [6.45, 7) is 0. The third-order valence-corrected chi connectivity index (χ3v) is 3.93. The van der Waals surface area contributed by atoms with Crippen LogP contribution >= 0.6 is 0 Å². The van der Waals surface area contributed by atoms with Gasteiger partial charge in [0.25, 0.3) is 0 Å². The Labute approximate surface area is 113 Å². The highest BCUT2D eigenvalue weighted by Gasteiger charge is 2.19. The number of aromatic nitrogens is 3. The van der Waals surface area contributed by atoms with Gasteiger partial charge in [0.2, 0.25) is 0 Å². The summed E-state index contributed by atoms with van der Waals surface area (Å²) >= 11 is 0. The van der Waals surface area contributed by atoms with E-state index in [2.05, 4.69) is 15.2 Å². The first-order chi connectivity index (χ1) is 9.33. The second kappa shape index (κ2) is 5.43. The van der Waals surface area contributed by atoms with E-state index in [9.17, 15) is 0 Å². The van der Waals surface area contributed by atoms with Gasteiger partial charge in [-0.25, -0.2) is 4.98 Å². The van der Waals surface area contributed by atoms with Crippen LogP contribution in [0.1, 0.15) is 55.2 Å². The Morgan fingerprint density at radius 3 is 2.74 bits per heavy atom. The number of benzene rings is 1. The molecule has 0 aliphatic heterocycles. The highest BCUT2D eigenvalue weighted by molar-refractivity contribution is 5.47. The van der Waals surface area contributed by atoms with Crippen LogP contribution in [0.2, 0.25) is 0 Å². The monoisotopic (exact) mass is 256 g/mol. The van der Waals surface area contributed by atoms with Gasteiger partial charge in [0.15, 0.2) is 5.82 Å². The Morgan fingerprint density at radius 1 is 1.16 bits per heavy atom. The Bertz CT molecular complexity index is 541. The molecule has 0 unspecified atom stereocenters. The lowest BCUT2D eigenvalue weighted by Crippen LogP contribution is -2.06. The van der Waals surface area contributed by atoms with Crippen molar-refractivity contribution < 1.29 is 0 Å². The first-order valence-corrected chi connectivity index (χ1v) is 7.07. The van der Waals surface area contributed by atoms with Crippen LogP contribution in [0.15, 0.2) is 24.3 Å². The average Bonchev–Trinajstić information content (AvgIpc) is 2.91. The first kappa shape index (κ1) is 12.2. The molecule has 1 fully saturated rings. The maximum Gasteiger partial charge on any atom is 0.153 e. The van der Waals surface area contributed by atoms with Gasteiger partial charge in [-0.1, -0.05) is 37.5 Å². The van der Waals surface area contributed by atoms with Gasteiger partial charge in [0.05, 0.1) is 0 Å². The highest BCUT2D eigenvalue weighted by atomic mass is 15.2. The van der Waals surface area contributed by atoms with Crippen LogP contribution in [0.4, 0.5) is 5.69 Å². The smallest absolute Gasteiger partial charge is 0.153 e. The Balaban J connectivity index is 1.73. The van der Waals surface area contributed by atoms with Crippen molar-refractivity contribution in [2.45, 2.75) is 44.4 Å². The lowest BCUT2D eigenvalue weighted by atomic mass is 9.89. The third-order valence-electron chi connectivity index (χ3n) is 3.93. The number of H-pyrrole nitrogens is 1. The summed E-state index contributed by atoms with van der Waals surface area (Å²) in [5, 5.41) is 7.45. The van der Waals surface area contributed by atoms with E-state index in [0.717, 1.165) is 29.3 Å². The highest BCUT2D eigenvalue weighted by Crippen LogP contribution is 2.30. The van der Waals surface area contributed by atoms with Gasteiger partial charge in [0.1, 0.15) is 5.82 Å². The van der Waals surface area contributed by atoms with Gasteiger partial charge in [-0.3, -0.25) is 5.10 Å². The minimum Gasteiger partial charge on any atom is -0.398 e. The molecule has 1 saturated carbocycles. The molecule has 2 aromatic rings. The fourth-order valence-electron chi connectivity index (χ4n) is 2.81. The van der Waals surface area contributed by atoms with Crippen LogP contribution in [0.25, 0.3) is 0 Å². The van der Waals surface area contributed by atoms with Crippen molar-refractivity contribution >= 4 is 5.69 Å². The standard InChI is InChI=1S/C15H20N4/c16-13-9-5-4-8-12(13)10-14-17-15(19-18-14)11-6-2-1-3-7-11/h4-5,8-9,11H,1-3,6-7,10,16H2,(H,17,18,19). The molecule has 0 saturated heterocycles. The van der Waals surface area contributed by atoms with E-state index in [-0.39, 0.29) is 0 Å². The summed E-state index contributed by atoms with van der Waals surface area (Å²) in [4.78, 5) is 4.65. The molecule has 19 heavy (non-hydrogen) atoms. The molecule has 0 amide bonds. The number of aromatic amines is 1. The molecule has 3 rings (SSSR count). The number of nitrogens with zero attached hydrogens (tertiary/aromatic N) is 2. The van der Waals surface area contributed by atoms with Crippen LogP contribution in [0.3, 0.4) is 0 Å². The van der Waals surface area contributed by atoms with Crippen molar-refractivity contribution in [3.05, 3.63) is 41.5 Å². The largest absolute Gasteiger partial charge is 0.398 e. The van der Waals surface area contributed by atoms with Crippen LogP contribution in [-0.4, -0.2) is 15.2 Å². The molecule has 0 bridgehead atoms. The van der Waals surface area contributed by atoms with Crippen LogP contribution in [-0.2, 0) is 6.42 Å². The normalized spacial score (nSPS) is 16.6. The first-order valence-electron chi connectivity index (χ1n) is 7.07. The molecule has 1 heterocycles. The predicted molar refractivity (Wildman–Crippen MR) is 75.9 cm³/mol. The lowest BCUT2D eigenvalue weighted by molar-refractivity contribution is 0.429. The van der Waals surface area contributed by atoms with Crippen molar-refractivity contribution in [3.63, 3.8) is 0 Å². The van der Waals surface area contributed by atoms with Gasteiger partial charge in [-0.15, -0.1) is 0 Å². The lowest BCUT2D eigenvalue weighted by Gasteiger charge is -2.18. The molecule has 1 aliphatic rings. The fraction of sp³-hybridized carbons (Fsp3) is 0.467. The average molecular weight is 256 g/mol. The number of hydrogen-bond acceptors (Lipinski definition) is 3. The van der Waals surface area contributed by atoms with E-state index in [1.165, 1.54) is 32.1 Å². The van der Waals surface area contributed by atoms with Gasteiger partial charge in [0, 0.05) is 18.0 Å². The number of nitrogens with two attached hydrogens (primary N) is 1. The van der Waals surface area contributed by atoms with Gasteiger partial charge in [-0.05, 0) is 24.5 Å². The summed E-state index contributed by atoms with van der Waals surface area (Å²) in [7, 11) is 0. The molecule has 0 atom stereocenters. The minimum absolute atomic E-state index is 0.548. The molecule has 0 radical (unpaired) electrons. The number of nitrogens with one attached hydrogen (secondary N) is 1. The van der Waals surface area contributed by atoms with Crippen molar-refractivity contribution in [1.82, 2.24) is 15.2 Å². The maximum absolute atomic E-state index is 5.96. The maximum atomic E-state index is 5.96.